The van der Waals surface area contributed by atoms with Crippen LogP contribution < -0.4 is 27.4 Å². The topological polar surface area (TPSA) is 251 Å². The number of carboxylic acid groups (broad SMARTS) is 2. The summed E-state index contributed by atoms with van der Waals surface area (Å²) in [6, 6.07) is -6.03. The molecule has 4 amide bonds. The molecular formula is C15H25N5O9. The third-order valence-corrected chi connectivity index (χ3v) is 3.61. The van der Waals surface area contributed by atoms with Crippen LogP contribution >= 0.6 is 0 Å². The highest BCUT2D eigenvalue weighted by atomic mass is 16.4. The number of nitrogens with one attached hydrogen (secondary N) is 3. The molecular weight excluding hydrogens is 394 g/mol. The van der Waals surface area contributed by atoms with Gasteiger partial charge in [-0.2, -0.15) is 0 Å². The van der Waals surface area contributed by atoms with Crippen molar-refractivity contribution in [1.29, 1.82) is 0 Å². The number of nitrogens with two attached hydrogens (primary N) is 2. The Morgan fingerprint density at radius 2 is 1.34 bits per heavy atom. The van der Waals surface area contributed by atoms with Gasteiger partial charge in [0.2, 0.25) is 23.6 Å². The van der Waals surface area contributed by atoms with E-state index in [0.29, 0.717) is 0 Å². The zero-order valence-electron chi connectivity index (χ0n) is 15.7. The first-order chi connectivity index (χ1) is 13.3. The van der Waals surface area contributed by atoms with Gasteiger partial charge in [0.25, 0.3) is 0 Å². The molecule has 5 unspecified atom stereocenters. The molecule has 14 nitrogen and oxygen atoms in total. The summed E-state index contributed by atoms with van der Waals surface area (Å²) in [7, 11) is 0. The monoisotopic (exact) mass is 419 g/mol. The Morgan fingerprint density at radius 1 is 0.828 bits per heavy atom. The summed E-state index contributed by atoms with van der Waals surface area (Å²) in [6.07, 6.45) is -2.81. The maximum absolute atomic E-state index is 12.3. The molecule has 0 saturated heterocycles. The summed E-state index contributed by atoms with van der Waals surface area (Å²) in [6.45, 7) is 2.38. The fourth-order valence-corrected chi connectivity index (χ4v) is 1.95. The molecule has 0 bridgehead atoms. The molecule has 29 heavy (non-hydrogen) atoms. The van der Waals surface area contributed by atoms with Gasteiger partial charge in [0.1, 0.15) is 24.2 Å². The van der Waals surface area contributed by atoms with Crippen LogP contribution in [0.3, 0.4) is 0 Å². The van der Waals surface area contributed by atoms with Crippen LogP contribution in [0.2, 0.25) is 0 Å². The molecule has 0 saturated carbocycles. The Labute approximate surface area is 165 Å². The molecule has 0 aromatic rings. The Hall–Kier alpha value is -3.26. The summed E-state index contributed by atoms with van der Waals surface area (Å²) in [5, 5.41) is 33.3. The second-order valence-electron chi connectivity index (χ2n) is 6.23. The molecule has 10 N–H and O–H groups in total. The van der Waals surface area contributed by atoms with Crippen molar-refractivity contribution in [3.63, 3.8) is 0 Å². The maximum Gasteiger partial charge on any atom is 0.326 e. The lowest BCUT2D eigenvalue weighted by Crippen LogP contribution is -2.58. The van der Waals surface area contributed by atoms with E-state index in [4.69, 9.17) is 21.7 Å². The van der Waals surface area contributed by atoms with Crippen molar-refractivity contribution >= 4 is 35.6 Å². The van der Waals surface area contributed by atoms with Crippen molar-refractivity contribution in [1.82, 2.24) is 16.0 Å². The molecule has 0 aromatic heterocycles. The number of carboxylic acids is 2. The van der Waals surface area contributed by atoms with Gasteiger partial charge < -0.3 is 42.7 Å². The number of aliphatic hydroxyl groups excluding tert-OH is 1. The van der Waals surface area contributed by atoms with E-state index in [1.54, 1.807) is 0 Å². The third kappa shape index (κ3) is 9.48. The molecule has 0 heterocycles. The van der Waals surface area contributed by atoms with Gasteiger partial charge in [-0.3, -0.25) is 24.0 Å². The van der Waals surface area contributed by atoms with E-state index in [1.807, 2.05) is 5.32 Å². The molecule has 0 fully saturated rings. The van der Waals surface area contributed by atoms with Crippen LogP contribution in [-0.4, -0.2) is 81.2 Å². The second-order valence-corrected chi connectivity index (χ2v) is 6.23. The van der Waals surface area contributed by atoms with E-state index < -0.39 is 78.7 Å². The average molecular weight is 419 g/mol. The number of carbonyl (C=O) groups is 6. The van der Waals surface area contributed by atoms with Crippen LogP contribution in [0.1, 0.15) is 26.7 Å². The van der Waals surface area contributed by atoms with Crippen LogP contribution in [0.25, 0.3) is 0 Å². The Morgan fingerprint density at radius 3 is 1.76 bits per heavy atom. The van der Waals surface area contributed by atoms with Crippen molar-refractivity contribution in [2.24, 2.45) is 11.5 Å². The second kappa shape index (κ2) is 11.6. The van der Waals surface area contributed by atoms with Crippen LogP contribution in [0.15, 0.2) is 0 Å². The quantitative estimate of drug-likeness (QED) is 0.151. The van der Waals surface area contributed by atoms with Gasteiger partial charge in [-0.05, 0) is 13.8 Å². The SMILES string of the molecule is CC(NC(=O)C(CC(=O)O)NC(=O)C(N)C(C)O)C(=O)NC(CC(N)=O)C(=O)O. The molecule has 14 heteroatoms. The summed E-state index contributed by atoms with van der Waals surface area (Å²) in [5.41, 5.74) is 10.3. The Kier molecular flexibility index (Phi) is 10.3. The van der Waals surface area contributed by atoms with Gasteiger partial charge in [0, 0.05) is 0 Å². The van der Waals surface area contributed by atoms with Crippen molar-refractivity contribution in [3.8, 4) is 0 Å². The predicted octanol–water partition coefficient (Wildman–Crippen LogP) is -4.40. The summed E-state index contributed by atoms with van der Waals surface area (Å²) in [4.78, 5) is 69.0. The summed E-state index contributed by atoms with van der Waals surface area (Å²) < 4.78 is 0. The largest absolute Gasteiger partial charge is 0.481 e. The van der Waals surface area contributed by atoms with E-state index in [9.17, 15) is 33.9 Å². The first kappa shape index (κ1) is 25.7. The molecule has 0 radical (unpaired) electrons. The molecule has 0 aliphatic carbocycles. The standard InChI is InChI=1S/C15H25N5O9/c1-5(12(25)20-8(15(28)29)3-9(16)22)18-13(26)7(4-10(23)24)19-14(27)11(17)6(2)21/h5-8,11,21H,3-4,17H2,1-2H3,(H2,16,22)(H,18,26)(H,19,27)(H,20,25)(H,23,24)(H,28,29). The van der Waals surface area contributed by atoms with E-state index in [1.165, 1.54) is 6.92 Å². The normalized spacial score (nSPS) is 15.7. The highest BCUT2D eigenvalue weighted by Gasteiger charge is 2.30. The fourth-order valence-electron chi connectivity index (χ4n) is 1.95. The molecule has 164 valence electrons. The van der Waals surface area contributed by atoms with Crippen LogP contribution in [0.4, 0.5) is 0 Å². The number of carbonyl (C=O) groups excluding carboxylic acids is 4. The predicted molar refractivity (Wildman–Crippen MR) is 94.8 cm³/mol. The van der Waals surface area contributed by atoms with Crippen LogP contribution in [-0.2, 0) is 28.8 Å². The fraction of sp³-hybridized carbons (Fsp3) is 0.600. The van der Waals surface area contributed by atoms with Crippen molar-refractivity contribution < 1.29 is 44.1 Å². The van der Waals surface area contributed by atoms with E-state index in [0.717, 1.165) is 6.92 Å². The number of primary amides is 1. The van der Waals surface area contributed by atoms with Gasteiger partial charge in [-0.15, -0.1) is 0 Å². The molecule has 0 rings (SSSR count). The van der Waals surface area contributed by atoms with Crippen molar-refractivity contribution in [2.45, 2.75) is 57.0 Å². The highest BCUT2D eigenvalue weighted by Crippen LogP contribution is 1.99. The zero-order chi connectivity index (χ0) is 22.9. The molecule has 0 aliphatic rings. The minimum Gasteiger partial charge on any atom is -0.481 e. The number of hydrogen-bond donors (Lipinski definition) is 8. The highest BCUT2D eigenvalue weighted by molar-refractivity contribution is 5.96. The van der Waals surface area contributed by atoms with Crippen LogP contribution in [0, 0.1) is 0 Å². The smallest absolute Gasteiger partial charge is 0.326 e. The first-order valence-corrected chi connectivity index (χ1v) is 8.33. The minimum absolute atomic E-state index is 0.684. The van der Waals surface area contributed by atoms with Crippen molar-refractivity contribution in [2.75, 3.05) is 0 Å². The number of aliphatic carboxylic acids is 2. The maximum atomic E-state index is 12.3. The lowest BCUT2D eigenvalue weighted by Gasteiger charge is -2.23. The first-order valence-electron chi connectivity index (χ1n) is 8.33. The van der Waals surface area contributed by atoms with E-state index >= 15 is 0 Å². The summed E-state index contributed by atoms with van der Waals surface area (Å²) in [5.74, 6) is -7.01. The van der Waals surface area contributed by atoms with Gasteiger partial charge in [0.15, 0.2) is 0 Å². The average Bonchev–Trinajstić information content (AvgIpc) is 2.58. The lowest BCUT2D eigenvalue weighted by molar-refractivity contribution is -0.144. The number of aliphatic hydroxyl groups is 1. The Balaban J connectivity index is 5.11. The van der Waals surface area contributed by atoms with Gasteiger partial charge in [-0.1, -0.05) is 0 Å². The summed E-state index contributed by atoms with van der Waals surface area (Å²) >= 11 is 0. The lowest BCUT2D eigenvalue weighted by atomic mass is 10.1. The number of amides is 4. The molecule has 0 aromatic carbocycles. The van der Waals surface area contributed by atoms with Crippen LogP contribution in [0.5, 0.6) is 0 Å². The zero-order valence-corrected chi connectivity index (χ0v) is 15.7. The molecule has 0 aliphatic heterocycles. The van der Waals surface area contributed by atoms with Gasteiger partial charge in [0.05, 0.1) is 18.9 Å². The third-order valence-electron chi connectivity index (χ3n) is 3.61. The van der Waals surface area contributed by atoms with E-state index in [2.05, 4.69) is 10.6 Å². The van der Waals surface area contributed by atoms with Gasteiger partial charge in [-0.25, -0.2) is 4.79 Å². The number of hydrogen-bond acceptors (Lipinski definition) is 8. The minimum atomic E-state index is -1.63. The molecule has 0 spiro atoms. The molecule has 5 atom stereocenters. The van der Waals surface area contributed by atoms with Crippen molar-refractivity contribution in [3.05, 3.63) is 0 Å². The Bertz CT molecular complexity index is 667. The van der Waals surface area contributed by atoms with Gasteiger partial charge >= 0.3 is 11.9 Å². The number of rotatable bonds is 12. The van der Waals surface area contributed by atoms with E-state index in [-0.39, 0.29) is 0 Å².